The molecule has 1 heterocycles. The molecule has 2 unspecified atom stereocenters. The van der Waals surface area contributed by atoms with E-state index in [0.717, 1.165) is 65.0 Å². The van der Waals surface area contributed by atoms with Gasteiger partial charge in [0.2, 0.25) is 0 Å². The molecule has 1 fully saturated rings. The van der Waals surface area contributed by atoms with Gasteiger partial charge in [-0.15, -0.1) is 0 Å². The van der Waals surface area contributed by atoms with Crippen molar-refractivity contribution in [3.8, 4) is 0 Å². The van der Waals surface area contributed by atoms with Crippen LogP contribution < -0.4 is 5.73 Å². The van der Waals surface area contributed by atoms with Gasteiger partial charge in [-0.05, 0) is 25.7 Å². The van der Waals surface area contributed by atoms with Crippen molar-refractivity contribution in [2.24, 2.45) is 5.73 Å². The number of ether oxygens (including phenoxy) is 3. The average molecular weight is 302 g/mol. The summed E-state index contributed by atoms with van der Waals surface area (Å²) in [6.45, 7) is 7.18. The molecule has 0 aromatic rings. The van der Waals surface area contributed by atoms with Crippen molar-refractivity contribution in [2.45, 2.75) is 50.7 Å². The second-order valence-electron chi connectivity index (χ2n) is 5.99. The Hall–Kier alpha value is -0.200. The molecule has 1 aliphatic rings. The van der Waals surface area contributed by atoms with Crippen molar-refractivity contribution in [1.82, 2.24) is 4.90 Å². The van der Waals surface area contributed by atoms with Gasteiger partial charge in [0.15, 0.2) is 0 Å². The van der Waals surface area contributed by atoms with Crippen LogP contribution in [0.4, 0.5) is 0 Å². The number of hydrogen-bond donors (Lipinski definition) is 1. The van der Waals surface area contributed by atoms with Crippen LogP contribution in [0.15, 0.2) is 0 Å². The van der Waals surface area contributed by atoms with E-state index in [1.54, 1.807) is 14.2 Å². The molecule has 0 aromatic heterocycles. The molecule has 1 aliphatic heterocycles. The molecule has 2 N–H and O–H groups in total. The Morgan fingerprint density at radius 2 is 2.00 bits per heavy atom. The molecule has 2 atom stereocenters. The molecule has 0 amide bonds. The molecule has 0 aromatic carbocycles. The van der Waals surface area contributed by atoms with E-state index in [2.05, 4.69) is 11.8 Å². The third-order valence-electron chi connectivity index (χ3n) is 4.53. The zero-order chi connectivity index (χ0) is 15.6. The van der Waals surface area contributed by atoms with Crippen molar-refractivity contribution in [3.63, 3.8) is 0 Å². The summed E-state index contributed by atoms with van der Waals surface area (Å²) in [6.07, 6.45) is 5.71. The minimum Gasteiger partial charge on any atom is -0.385 e. The van der Waals surface area contributed by atoms with Crippen LogP contribution in [0.3, 0.4) is 0 Å². The van der Waals surface area contributed by atoms with Crippen LogP contribution in [0.1, 0.15) is 39.0 Å². The Bertz CT molecular complexity index is 264. The highest BCUT2D eigenvalue weighted by Gasteiger charge is 2.40. The molecule has 5 nitrogen and oxygen atoms in total. The van der Waals surface area contributed by atoms with E-state index in [1.807, 2.05) is 0 Å². The van der Waals surface area contributed by atoms with Crippen LogP contribution in [0.2, 0.25) is 0 Å². The molecular weight excluding hydrogens is 268 g/mol. The summed E-state index contributed by atoms with van der Waals surface area (Å²) in [5.74, 6) is 0. The molecule has 1 rings (SSSR count). The summed E-state index contributed by atoms with van der Waals surface area (Å²) in [5, 5.41) is 0. The largest absolute Gasteiger partial charge is 0.385 e. The Morgan fingerprint density at radius 3 is 2.62 bits per heavy atom. The Morgan fingerprint density at radius 1 is 1.24 bits per heavy atom. The Kier molecular flexibility index (Phi) is 9.44. The molecule has 5 heteroatoms. The summed E-state index contributed by atoms with van der Waals surface area (Å²) in [7, 11) is 3.51. The predicted octanol–water partition coefficient (Wildman–Crippen LogP) is 1.65. The topological polar surface area (TPSA) is 57.0 Å². The maximum Gasteiger partial charge on any atom is 0.0593 e. The van der Waals surface area contributed by atoms with Crippen LogP contribution in [0.5, 0.6) is 0 Å². The van der Waals surface area contributed by atoms with Gasteiger partial charge in [-0.3, -0.25) is 4.90 Å². The first-order valence-electron chi connectivity index (χ1n) is 8.27. The van der Waals surface area contributed by atoms with Crippen molar-refractivity contribution >= 4 is 0 Å². The third kappa shape index (κ3) is 5.83. The number of rotatable bonds is 11. The summed E-state index contributed by atoms with van der Waals surface area (Å²) in [5.41, 5.74) is 6.26. The summed E-state index contributed by atoms with van der Waals surface area (Å²) >= 11 is 0. The average Bonchev–Trinajstić information content (AvgIpc) is 2.51. The monoisotopic (exact) mass is 302 g/mol. The van der Waals surface area contributed by atoms with E-state index in [1.165, 1.54) is 0 Å². The van der Waals surface area contributed by atoms with E-state index in [-0.39, 0.29) is 5.54 Å². The Balaban J connectivity index is 2.71. The smallest absolute Gasteiger partial charge is 0.0593 e. The molecular formula is C16H34N2O3. The van der Waals surface area contributed by atoms with Gasteiger partial charge >= 0.3 is 0 Å². The van der Waals surface area contributed by atoms with Gasteiger partial charge in [-0.1, -0.05) is 13.3 Å². The maximum absolute atomic E-state index is 6.20. The van der Waals surface area contributed by atoms with Gasteiger partial charge in [0.1, 0.15) is 0 Å². The highest BCUT2D eigenvalue weighted by molar-refractivity contribution is 4.96. The number of hydrogen-bond acceptors (Lipinski definition) is 5. The second-order valence-corrected chi connectivity index (χ2v) is 5.99. The number of methoxy groups -OCH3 is 2. The number of nitrogens with two attached hydrogens (primary N) is 1. The number of nitrogens with zero attached hydrogens (tertiary/aromatic N) is 1. The molecule has 1 saturated heterocycles. The molecule has 21 heavy (non-hydrogen) atoms. The van der Waals surface area contributed by atoms with Crippen molar-refractivity contribution in [1.29, 1.82) is 0 Å². The first-order chi connectivity index (χ1) is 10.2. The molecule has 0 saturated carbocycles. The first kappa shape index (κ1) is 18.8. The fraction of sp³-hybridized carbons (Fsp3) is 1.00. The van der Waals surface area contributed by atoms with Crippen molar-refractivity contribution in [2.75, 3.05) is 53.7 Å². The van der Waals surface area contributed by atoms with E-state index in [9.17, 15) is 0 Å². The van der Waals surface area contributed by atoms with E-state index in [4.69, 9.17) is 19.9 Å². The van der Waals surface area contributed by atoms with Crippen LogP contribution in [-0.4, -0.2) is 70.2 Å². The fourth-order valence-corrected chi connectivity index (χ4v) is 3.30. The van der Waals surface area contributed by atoms with Gasteiger partial charge < -0.3 is 19.9 Å². The molecule has 0 aliphatic carbocycles. The summed E-state index contributed by atoms with van der Waals surface area (Å²) in [4.78, 5) is 2.51. The van der Waals surface area contributed by atoms with Gasteiger partial charge in [0, 0.05) is 52.6 Å². The standard InChI is InChI=1S/C16H34N2O3/c1-4-6-15-13-16(14-17,7-11-21-15)18(9-12-20-3)8-5-10-19-2/h15H,4-14,17H2,1-3H3. The minimum atomic E-state index is 0.0599. The lowest BCUT2D eigenvalue weighted by Crippen LogP contribution is -2.59. The first-order valence-corrected chi connectivity index (χ1v) is 8.27. The lowest BCUT2D eigenvalue weighted by Gasteiger charge is -2.48. The van der Waals surface area contributed by atoms with E-state index < -0.39 is 0 Å². The molecule has 0 spiro atoms. The van der Waals surface area contributed by atoms with Crippen molar-refractivity contribution in [3.05, 3.63) is 0 Å². The lowest BCUT2D eigenvalue weighted by molar-refractivity contribution is -0.0790. The second kappa shape index (κ2) is 10.5. The SMILES string of the molecule is CCCC1CC(CN)(N(CCCOC)CCOC)CCO1. The minimum absolute atomic E-state index is 0.0599. The third-order valence-corrected chi connectivity index (χ3v) is 4.53. The summed E-state index contributed by atoms with van der Waals surface area (Å²) < 4.78 is 16.4. The van der Waals surface area contributed by atoms with Crippen LogP contribution in [0, 0.1) is 0 Å². The maximum atomic E-state index is 6.20. The van der Waals surface area contributed by atoms with E-state index >= 15 is 0 Å². The van der Waals surface area contributed by atoms with Crippen molar-refractivity contribution < 1.29 is 14.2 Å². The highest BCUT2D eigenvalue weighted by atomic mass is 16.5. The quantitative estimate of drug-likeness (QED) is 0.588. The van der Waals surface area contributed by atoms with Gasteiger partial charge in [0.05, 0.1) is 12.7 Å². The molecule has 0 radical (unpaired) electrons. The molecule has 0 bridgehead atoms. The normalized spacial score (nSPS) is 26.4. The van der Waals surface area contributed by atoms with E-state index in [0.29, 0.717) is 12.6 Å². The van der Waals surface area contributed by atoms with Crippen LogP contribution >= 0.6 is 0 Å². The Labute approximate surface area is 130 Å². The van der Waals surface area contributed by atoms with Crippen LogP contribution in [0.25, 0.3) is 0 Å². The molecule has 126 valence electrons. The van der Waals surface area contributed by atoms with Gasteiger partial charge in [-0.25, -0.2) is 0 Å². The summed E-state index contributed by atoms with van der Waals surface area (Å²) in [6, 6.07) is 0. The lowest BCUT2D eigenvalue weighted by atomic mass is 9.83. The zero-order valence-electron chi connectivity index (χ0n) is 14.1. The van der Waals surface area contributed by atoms with Crippen LogP contribution in [-0.2, 0) is 14.2 Å². The fourth-order valence-electron chi connectivity index (χ4n) is 3.30. The predicted molar refractivity (Wildman–Crippen MR) is 85.6 cm³/mol. The highest BCUT2D eigenvalue weighted by Crippen LogP contribution is 2.32. The zero-order valence-corrected chi connectivity index (χ0v) is 14.1. The van der Waals surface area contributed by atoms with Gasteiger partial charge in [0.25, 0.3) is 0 Å². The van der Waals surface area contributed by atoms with Gasteiger partial charge in [-0.2, -0.15) is 0 Å².